The SMILES string of the molecule is CCS[C@H]1CCCC[C@H]1NC(=O)NC1CC(C)(C)NC(C)(C)C1. The van der Waals surface area contributed by atoms with E-state index in [0.29, 0.717) is 11.3 Å². The molecule has 2 fully saturated rings. The van der Waals surface area contributed by atoms with Gasteiger partial charge in [0.2, 0.25) is 0 Å². The highest BCUT2D eigenvalue weighted by Gasteiger charge is 2.38. The van der Waals surface area contributed by atoms with E-state index < -0.39 is 0 Å². The molecular weight excluding hydrogens is 306 g/mol. The van der Waals surface area contributed by atoms with Gasteiger partial charge in [-0.3, -0.25) is 0 Å². The molecule has 23 heavy (non-hydrogen) atoms. The van der Waals surface area contributed by atoms with Crippen LogP contribution in [0.4, 0.5) is 4.79 Å². The van der Waals surface area contributed by atoms with Crippen molar-refractivity contribution in [1.82, 2.24) is 16.0 Å². The van der Waals surface area contributed by atoms with Crippen LogP contribution in [0.25, 0.3) is 0 Å². The van der Waals surface area contributed by atoms with Crippen molar-refractivity contribution in [1.29, 1.82) is 0 Å². The number of rotatable bonds is 4. The second-order valence-electron chi connectivity index (χ2n) is 8.50. The maximum absolute atomic E-state index is 12.5. The molecule has 0 unspecified atom stereocenters. The Hall–Kier alpha value is -0.420. The average molecular weight is 342 g/mol. The molecule has 1 aliphatic heterocycles. The summed E-state index contributed by atoms with van der Waals surface area (Å²) in [4.78, 5) is 12.5. The van der Waals surface area contributed by atoms with E-state index in [1.165, 1.54) is 19.3 Å². The molecule has 0 spiro atoms. The van der Waals surface area contributed by atoms with E-state index >= 15 is 0 Å². The number of carbonyl (C=O) groups is 1. The Bertz CT molecular complexity index is 393. The maximum atomic E-state index is 12.5. The number of thioether (sulfide) groups is 1. The van der Waals surface area contributed by atoms with E-state index in [0.717, 1.165) is 25.0 Å². The van der Waals surface area contributed by atoms with Crippen molar-refractivity contribution in [3.05, 3.63) is 0 Å². The first kappa shape index (κ1) is 18.9. The summed E-state index contributed by atoms with van der Waals surface area (Å²) in [6.45, 7) is 11.1. The molecule has 0 aromatic heterocycles. The zero-order valence-electron chi connectivity index (χ0n) is 15.5. The van der Waals surface area contributed by atoms with Crippen LogP contribution in [-0.2, 0) is 0 Å². The van der Waals surface area contributed by atoms with Crippen molar-refractivity contribution in [2.24, 2.45) is 0 Å². The number of carbonyl (C=O) groups excluding carboxylic acids is 1. The fourth-order valence-electron chi connectivity index (χ4n) is 4.50. The van der Waals surface area contributed by atoms with Gasteiger partial charge in [0.05, 0.1) is 0 Å². The van der Waals surface area contributed by atoms with Gasteiger partial charge in [0.1, 0.15) is 0 Å². The van der Waals surface area contributed by atoms with E-state index in [1.54, 1.807) is 0 Å². The Morgan fingerprint density at radius 1 is 1.09 bits per heavy atom. The van der Waals surface area contributed by atoms with Crippen LogP contribution in [0.15, 0.2) is 0 Å². The van der Waals surface area contributed by atoms with Crippen molar-refractivity contribution in [3.8, 4) is 0 Å². The van der Waals surface area contributed by atoms with Gasteiger partial charge in [-0.05, 0) is 59.1 Å². The average Bonchev–Trinajstić information content (AvgIpc) is 2.37. The summed E-state index contributed by atoms with van der Waals surface area (Å²) in [7, 11) is 0. The molecule has 0 bridgehead atoms. The van der Waals surface area contributed by atoms with Crippen LogP contribution in [-0.4, -0.2) is 40.2 Å². The van der Waals surface area contributed by atoms with Gasteiger partial charge in [0.25, 0.3) is 0 Å². The normalized spacial score (nSPS) is 30.7. The predicted molar refractivity (Wildman–Crippen MR) is 100 cm³/mol. The third-order valence-electron chi connectivity index (χ3n) is 4.93. The van der Waals surface area contributed by atoms with E-state index in [4.69, 9.17) is 0 Å². The number of nitrogens with one attached hydrogen (secondary N) is 3. The third-order valence-corrected chi connectivity index (χ3v) is 6.25. The molecule has 0 radical (unpaired) electrons. The molecule has 1 heterocycles. The lowest BCUT2D eigenvalue weighted by Crippen LogP contribution is -2.63. The van der Waals surface area contributed by atoms with Crippen molar-refractivity contribution >= 4 is 17.8 Å². The highest BCUT2D eigenvalue weighted by molar-refractivity contribution is 7.99. The Morgan fingerprint density at radius 2 is 1.70 bits per heavy atom. The lowest BCUT2D eigenvalue weighted by atomic mass is 9.80. The molecule has 0 aromatic carbocycles. The van der Waals surface area contributed by atoms with E-state index in [-0.39, 0.29) is 23.2 Å². The molecule has 1 saturated heterocycles. The first-order valence-electron chi connectivity index (χ1n) is 9.19. The minimum absolute atomic E-state index is 0.0251. The van der Waals surface area contributed by atoms with Crippen LogP contribution in [0.5, 0.6) is 0 Å². The number of hydrogen-bond donors (Lipinski definition) is 3. The number of amides is 2. The molecule has 0 aromatic rings. The second-order valence-corrected chi connectivity index (χ2v) is 10.0. The van der Waals surface area contributed by atoms with Gasteiger partial charge >= 0.3 is 6.03 Å². The molecule has 2 amide bonds. The Balaban J connectivity index is 1.88. The molecule has 134 valence electrons. The third kappa shape index (κ3) is 5.86. The first-order chi connectivity index (χ1) is 10.7. The minimum atomic E-state index is 0.0251. The molecule has 1 saturated carbocycles. The van der Waals surface area contributed by atoms with Gasteiger partial charge in [-0.2, -0.15) is 11.8 Å². The van der Waals surface area contributed by atoms with E-state index in [2.05, 4.69) is 50.6 Å². The van der Waals surface area contributed by atoms with Crippen LogP contribution in [0.3, 0.4) is 0 Å². The standard InChI is InChI=1S/C18H35N3OS/c1-6-23-15-10-8-7-9-14(15)20-16(22)19-13-11-17(2,3)21-18(4,5)12-13/h13-15,21H,6-12H2,1-5H3,(H2,19,20,22)/t14-,15+/m1/s1. The number of piperidine rings is 1. The molecule has 2 aliphatic rings. The van der Waals surface area contributed by atoms with Gasteiger partial charge in [0, 0.05) is 28.4 Å². The lowest BCUT2D eigenvalue weighted by Gasteiger charge is -2.46. The van der Waals surface area contributed by atoms with E-state index in [9.17, 15) is 4.79 Å². The van der Waals surface area contributed by atoms with Gasteiger partial charge in [-0.1, -0.05) is 19.8 Å². The summed E-state index contributed by atoms with van der Waals surface area (Å²) in [6.07, 6.45) is 6.84. The summed E-state index contributed by atoms with van der Waals surface area (Å²) in [5.41, 5.74) is 0.121. The summed E-state index contributed by atoms with van der Waals surface area (Å²) in [5, 5.41) is 10.8. The summed E-state index contributed by atoms with van der Waals surface area (Å²) in [6, 6.07) is 0.593. The van der Waals surface area contributed by atoms with Crippen molar-refractivity contribution in [2.75, 3.05) is 5.75 Å². The molecule has 2 atom stereocenters. The molecule has 4 nitrogen and oxygen atoms in total. The molecular formula is C18H35N3OS. The molecule has 1 aliphatic carbocycles. The fraction of sp³-hybridized carbons (Fsp3) is 0.944. The minimum Gasteiger partial charge on any atom is -0.335 e. The van der Waals surface area contributed by atoms with Gasteiger partial charge < -0.3 is 16.0 Å². The fourth-order valence-corrected chi connectivity index (χ4v) is 5.69. The van der Waals surface area contributed by atoms with Crippen LogP contribution >= 0.6 is 11.8 Å². The highest BCUT2D eigenvalue weighted by atomic mass is 32.2. The Kier molecular flexibility index (Phi) is 6.28. The monoisotopic (exact) mass is 341 g/mol. The van der Waals surface area contributed by atoms with Crippen molar-refractivity contribution < 1.29 is 4.79 Å². The quantitative estimate of drug-likeness (QED) is 0.731. The zero-order chi connectivity index (χ0) is 17.1. The highest BCUT2D eigenvalue weighted by Crippen LogP contribution is 2.30. The maximum Gasteiger partial charge on any atom is 0.315 e. The van der Waals surface area contributed by atoms with Gasteiger partial charge in [0.15, 0.2) is 0 Å². The second kappa shape index (κ2) is 7.64. The largest absolute Gasteiger partial charge is 0.335 e. The first-order valence-corrected chi connectivity index (χ1v) is 10.2. The summed E-state index contributed by atoms with van der Waals surface area (Å²) < 4.78 is 0. The molecule has 3 N–H and O–H groups in total. The van der Waals surface area contributed by atoms with Gasteiger partial charge in [-0.15, -0.1) is 0 Å². The summed E-state index contributed by atoms with van der Waals surface area (Å²) >= 11 is 2.00. The Labute approximate surface area is 146 Å². The molecule has 5 heteroatoms. The Morgan fingerprint density at radius 3 is 2.30 bits per heavy atom. The zero-order valence-corrected chi connectivity index (χ0v) is 16.3. The topological polar surface area (TPSA) is 53.2 Å². The summed E-state index contributed by atoms with van der Waals surface area (Å²) in [5.74, 6) is 1.13. The van der Waals surface area contributed by atoms with Crippen molar-refractivity contribution in [3.63, 3.8) is 0 Å². The molecule has 2 rings (SSSR count). The lowest BCUT2D eigenvalue weighted by molar-refractivity contribution is 0.146. The predicted octanol–water partition coefficient (Wildman–Crippen LogP) is 3.66. The number of urea groups is 1. The van der Waals surface area contributed by atoms with Crippen LogP contribution < -0.4 is 16.0 Å². The van der Waals surface area contributed by atoms with Crippen LogP contribution in [0.2, 0.25) is 0 Å². The van der Waals surface area contributed by atoms with Crippen LogP contribution in [0, 0.1) is 0 Å². The van der Waals surface area contributed by atoms with Crippen molar-refractivity contribution in [2.45, 2.75) is 102 Å². The smallest absolute Gasteiger partial charge is 0.315 e. The van der Waals surface area contributed by atoms with Gasteiger partial charge in [-0.25, -0.2) is 4.79 Å². The number of hydrogen-bond acceptors (Lipinski definition) is 3. The van der Waals surface area contributed by atoms with E-state index in [1.807, 2.05) is 11.8 Å². The van der Waals surface area contributed by atoms with Crippen LogP contribution in [0.1, 0.15) is 73.1 Å².